The van der Waals surface area contributed by atoms with Crippen LogP contribution in [-0.4, -0.2) is 23.2 Å². The standard InChI is InChI=1S/C12H13N3O3S/c1-18-10-3-2-8(6-9(10)16)7-14-11(17)15-12-13-4-5-19-12/h2-6,16H,7H2,1H3,(H2,13,14,15,17). The Balaban J connectivity index is 1.88. The van der Waals surface area contributed by atoms with Gasteiger partial charge >= 0.3 is 6.03 Å². The molecular weight excluding hydrogens is 266 g/mol. The topological polar surface area (TPSA) is 83.5 Å². The molecule has 0 radical (unpaired) electrons. The molecule has 0 saturated heterocycles. The van der Waals surface area contributed by atoms with Gasteiger partial charge in [0.1, 0.15) is 0 Å². The molecule has 0 bridgehead atoms. The molecule has 0 spiro atoms. The normalized spacial score (nSPS) is 9.95. The van der Waals surface area contributed by atoms with Gasteiger partial charge in [-0.2, -0.15) is 0 Å². The number of urea groups is 1. The lowest BCUT2D eigenvalue weighted by atomic mass is 10.2. The van der Waals surface area contributed by atoms with Crippen LogP contribution in [0.1, 0.15) is 5.56 Å². The Hall–Kier alpha value is -2.28. The average Bonchev–Trinajstić information content (AvgIpc) is 2.89. The number of carbonyl (C=O) groups excluding carboxylic acids is 1. The van der Waals surface area contributed by atoms with E-state index in [1.807, 2.05) is 0 Å². The summed E-state index contributed by atoms with van der Waals surface area (Å²) in [5.41, 5.74) is 0.771. The number of carbonyl (C=O) groups is 1. The molecule has 3 N–H and O–H groups in total. The number of amides is 2. The first-order valence-electron chi connectivity index (χ1n) is 5.49. The van der Waals surface area contributed by atoms with E-state index in [-0.39, 0.29) is 11.8 Å². The van der Waals surface area contributed by atoms with Crippen LogP contribution in [-0.2, 0) is 6.54 Å². The molecule has 0 atom stereocenters. The minimum Gasteiger partial charge on any atom is -0.504 e. The van der Waals surface area contributed by atoms with Gasteiger partial charge in [-0.15, -0.1) is 11.3 Å². The monoisotopic (exact) mass is 279 g/mol. The molecule has 1 aromatic heterocycles. The number of phenolic OH excluding ortho intramolecular Hbond substituents is 1. The third-order valence-electron chi connectivity index (χ3n) is 2.35. The largest absolute Gasteiger partial charge is 0.504 e. The summed E-state index contributed by atoms with van der Waals surface area (Å²) in [6.45, 7) is 0.300. The second-order valence-electron chi connectivity index (χ2n) is 3.65. The Morgan fingerprint density at radius 2 is 2.37 bits per heavy atom. The van der Waals surface area contributed by atoms with Crippen molar-refractivity contribution in [2.45, 2.75) is 6.54 Å². The van der Waals surface area contributed by atoms with Gasteiger partial charge in [0.25, 0.3) is 0 Å². The van der Waals surface area contributed by atoms with Crippen LogP contribution in [0.5, 0.6) is 11.5 Å². The molecule has 1 heterocycles. The first kappa shape index (κ1) is 13.2. The number of nitrogens with zero attached hydrogens (tertiary/aromatic N) is 1. The molecule has 19 heavy (non-hydrogen) atoms. The molecule has 0 fully saturated rings. The first-order chi connectivity index (χ1) is 9.19. The maximum Gasteiger partial charge on any atom is 0.321 e. The highest BCUT2D eigenvalue weighted by molar-refractivity contribution is 7.13. The first-order valence-corrected chi connectivity index (χ1v) is 6.37. The van der Waals surface area contributed by atoms with Gasteiger partial charge in [0, 0.05) is 18.1 Å². The lowest BCUT2D eigenvalue weighted by Crippen LogP contribution is -2.28. The highest BCUT2D eigenvalue weighted by Crippen LogP contribution is 2.26. The Bertz CT molecular complexity index is 557. The molecule has 6 nitrogen and oxygen atoms in total. The van der Waals surface area contributed by atoms with Crippen molar-refractivity contribution < 1.29 is 14.6 Å². The molecule has 7 heteroatoms. The Morgan fingerprint density at radius 1 is 1.53 bits per heavy atom. The van der Waals surface area contributed by atoms with Crippen LogP contribution in [0.4, 0.5) is 9.93 Å². The summed E-state index contributed by atoms with van der Waals surface area (Å²) in [5.74, 6) is 0.443. The summed E-state index contributed by atoms with van der Waals surface area (Å²) >= 11 is 1.34. The number of nitrogens with one attached hydrogen (secondary N) is 2. The van der Waals surface area contributed by atoms with Crippen LogP contribution < -0.4 is 15.4 Å². The Kier molecular flexibility index (Phi) is 4.19. The minimum atomic E-state index is -0.342. The summed E-state index contributed by atoms with van der Waals surface area (Å²) in [6.07, 6.45) is 1.61. The second-order valence-corrected chi connectivity index (χ2v) is 4.55. The number of thiazole rings is 1. The summed E-state index contributed by atoms with van der Waals surface area (Å²) in [4.78, 5) is 15.5. The third-order valence-corrected chi connectivity index (χ3v) is 3.04. The van der Waals surface area contributed by atoms with E-state index in [0.717, 1.165) is 5.56 Å². The van der Waals surface area contributed by atoms with Crippen LogP contribution in [0.25, 0.3) is 0 Å². The maximum atomic E-state index is 11.5. The van der Waals surface area contributed by atoms with Gasteiger partial charge in [-0.05, 0) is 17.7 Å². The van der Waals surface area contributed by atoms with Crippen molar-refractivity contribution in [3.63, 3.8) is 0 Å². The molecule has 2 aromatic rings. The SMILES string of the molecule is COc1ccc(CNC(=O)Nc2nccs2)cc1O. The zero-order chi connectivity index (χ0) is 13.7. The summed E-state index contributed by atoms with van der Waals surface area (Å²) in [6, 6.07) is 4.61. The summed E-state index contributed by atoms with van der Waals surface area (Å²) in [5, 5.41) is 17.2. The quantitative estimate of drug-likeness (QED) is 0.801. The van der Waals surface area contributed by atoms with Crippen LogP contribution in [0.3, 0.4) is 0 Å². The van der Waals surface area contributed by atoms with E-state index in [2.05, 4.69) is 15.6 Å². The van der Waals surface area contributed by atoms with E-state index in [4.69, 9.17) is 4.74 Å². The molecule has 0 aliphatic rings. The lowest BCUT2D eigenvalue weighted by molar-refractivity contribution is 0.251. The van der Waals surface area contributed by atoms with Gasteiger partial charge in [-0.3, -0.25) is 5.32 Å². The molecule has 0 aliphatic carbocycles. The number of phenols is 1. The van der Waals surface area contributed by atoms with Gasteiger partial charge < -0.3 is 15.2 Å². The lowest BCUT2D eigenvalue weighted by Gasteiger charge is -2.08. The van der Waals surface area contributed by atoms with Crippen molar-refractivity contribution in [2.75, 3.05) is 12.4 Å². The second kappa shape index (κ2) is 6.05. The fraction of sp³-hybridized carbons (Fsp3) is 0.167. The Labute approximate surface area is 114 Å². The number of anilines is 1. The van der Waals surface area contributed by atoms with Crippen molar-refractivity contribution in [2.24, 2.45) is 0 Å². The highest BCUT2D eigenvalue weighted by Gasteiger charge is 2.05. The number of ether oxygens (including phenoxy) is 1. The molecule has 0 unspecified atom stereocenters. The number of methoxy groups -OCH3 is 1. The van der Waals surface area contributed by atoms with Crippen LogP contribution >= 0.6 is 11.3 Å². The van der Waals surface area contributed by atoms with Crippen molar-refractivity contribution in [3.8, 4) is 11.5 Å². The van der Waals surface area contributed by atoms with Gasteiger partial charge in [0.2, 0.25) is 0 Å². The molecule has 1 aromatic carbocycles. The summed E-state index contributed by atoms with van der Waals surface area (Å²) < 4.78 is 4.94. The predicted molar refractivity (Wildman–Crippen MR) is 72.6 cm³/mol. The molecule has 2 amide bonds. The molecular formula is C12H13N3O3S. The van der Waals surface area contributed by atoms with Crippen molar-refractivity contribution in [1.82, 2.24) is 10.3 Å². The van der Waals surface area contributed by atoms with E-state index in [0.29, 0.717) is 17.4 Å². The predicted octanol–water partition coefficient (Wildman–Crippen LogP) is 2.18. The number of hydrogen-bond donors (Lipinski definition) is 3. The molecule has 0 saturated carbocycles. The third kappa shape index (κ3) is 3.59. The number of aromatic nitrogens is 1. The fourth-order valence-electron chi connectivity index (χ4n) is 1.45. The van der Waals surface area contributed by atoms with Gasteiger partial charge in [0.05, 0.1) is 7.11 Å². The Morgan fingerprint density at radius 3 is 3.00 bits per heavy atom. The number of benzene rings is 1. The smallest absolute Gasteiger partial charge is 0.321 e. The summed E-state index contributed by atoms with van der Waals surface area (Å²) in [7, 11) is 1.48. The highest BCUT2D eigenvalue weighted by atomic mass is 32.1. The van der Waals surface area contributed by atoms with Gasteiger partial charge in [-0.25, -0.2) is 9.78 Å². The molecule has 0 aliphatic heterocycles. The maximum absolute atomic E-state index is 11.5. The van der Waals surface area contributed by atoms with Crippen LogP contribution in [0.2, 0.25) is 0 Å². The zero-order valence-electron chi connectivity index (χ0n) is 10.2. The van der Waals surface area contributed by atoms with E-state index in [9.17, 15) is 9.90 Å². The average molecular weight is 279 g/mol. The minimum absolute atomic E-state index is 0.0436. The van der Waals surface area contributed by atoms with E-state index in [1.54, 1.807) is 29.8 Å². The zero-order valence-corrected chi connectivity index (χ0v) is 11.0. The van der Waals surface area contributed by atoms with Crippen LogP contribution in [0.15, 0.2) is 29.8 Å². The number of hydrogen-bond acceptors (Lipinski definition) is 5. The number of rotatable bonds is 4. The van der Waals surface area contributed by atoms with E-state index >= 15 is 0 Å². The molecule has 100 valence electrons. The van der Waals surface area contributed by atoms with Gasteiger partial charge in [0.15, 0.2) is 16.6 Å². The fourth-order valence-corrected chi connectivity index (χ4v) is 1.98. The van der Waals surface area contributed by atoms with E-state index in [1.165, 1.54) is 18.4 Å². The van der Waals surface area contributed by atoms with Crippen molar-refractivity contribution >= 4 is 22.5 Å². The van der Waals surface area contributed by atoms with E-state index < -0.39 is 0 Å². The number of aromatic hydroxyl groups is 1. The molecule has 2 rings (SSSR count). The van der Waals surface area contributed by atoms with Crippen LogP contribution in [0, 0.1) is 0 Å². The van der Waals surface area contributed by atoms with Crippen molar-refractivity contribution in [1.29, 1.82) is 0 Å². The van der Waals surface area contributed by atoms with Crippen molar-refractivity contribution in [3.05, 3.63) is 35.3 Å². The van der Waals surface area contributed by atoms with Gasteiger partial charge in [-0.1, -0.05) is 6.07 Å².